The molecule has 2 nitrogen and oxygen atoms in total. The Labute approximate surface area is 113 Å². The summed E-state index contributed by atoms with van der Waals surface area (Å²) in [6.07, 6.45) is 2.99. The third-order valence-corrected chi connectivity index (χ3v) is 3.94. The molecule has 19 heavy (non-hydrogen) atoms. The zero-order valence-corrected chi connectivity index (χ0v) is 10.8. The van der Waals surface area contributed by atoms with Gasteiger partial charge in [-0.1, -0.05) is 36.4 Å². The molecule has 2 aromatic rings. The maximum atomic E-state index is 10.8. The molecule has 0 saturated heterocycles. The van der Waals surface area contributed by atoms with E-state index >= 15 is 0 Å². The van der Waals surface area contributed by atoms with E-state index in [1.807, 2.05) is 18.2 Å². The van der Waals surface area contributed by atoms with Crippen LogP contribution in [0, 0.1) is 0 Å². The van der Waals surface area contributed by atoms with Crippen LogP contribution in [0.2, 0.25) is 0 Å². The monoisotopic (exact) mass is 254 g/mol. The van der Waals surface area contributed by atoms with Crippen molar-refractivity contribution in [2.75, 3.05) is 0 Å². The largest absolute Gasteiger partial charge is 0.508 e. The summed E-state index contributed by atoms with van der Waals surface area (Å²) < 4.78 is 0. The van der Waals surface area contributed by atoms with Gasteiger partial charge in [-0.15, -0.1) is 0 Å². The molecule has 0 spiro atoms. The lowest BCUT2D eigenvalue weighted by Crippen LogP contribution is -2.38. The Bertz CT molecular complexity index is 591. The molecule has 98 valence electrons. The molecule has 0 aromatic heterocycles. The molecular formula is C17H18O2. The summed E-state index contributed by atoms with van der Waals surface area (Å²) in [5.41, 5.74) is 2.89. The second-order valence-corrected chi connectivity index (χ2v) is 5.52. The topological polar surface area (TPSA) is 40.5 Å². The molecule has 0 amide bonds. The smallest absolute Gasteiger partial charge is 0.115 e. The second kappa shape index (κ2) is 4.71. The van der Waals surface area contributed by atoms with E-state index in [-0.39, 0.29) is 5.75 Å². The molecule has 0 bridgehead atoms. The maximum absolute atomic E-state index is 10.8. The standard InChI is InChI=1S/C17H18O2/c18-16-7-3-4-13(10-16)11-17(19)9-8-14-5-1-2-6-15(14)12-17/h1-7,10,18-19H,8-9,11-12H2. The van der Waals surface area contributed by atoms with Gasteiger partial charge >= 0.3 is 0 Å². The SMILES string of the molecule is Oc1cccc(CC2(O)CCc3ccccc3C2)c1. The molecule has 2 aromatic carbocycles. The average molecular weight is 254 g/mol. The molecule has 2 N–H and O–H groups in total. The van der Waals surface area contributed by atoms with Crippen LogP contribution in [-0.4, -0.2) is 15.8 Å². The highest BCUT2D eigenvalue weighted by Gasteiger charge is 2.32. The van der Waals surface area contributed by atoms with Crippen molar-refractivity contribution in [3.8, 4) is 5.75 Å². The summed E-state index contributed by atoms with van der Waals surface area (Å²) >= 11 is 0. The van der Waals surface area contributed by atoms with Crippen LogP contribution in [0.1, 0.15) is 23.1 Å². The van der Waals surface area contributed by atoms with Gasteiger partial charge < -0.3 is 10.2 Å². The predicted molar refractivity (Wildman–Crippen MR) is 75.2 cm³/mol. The number of benzene rings is 2. The molecule has 2 heteroatoms. The number of fused-ring (bicyclic) bond motifs is 1. The van der Waals surface area contributed by atoms with Crippen molar-refractivity contribution in [1.82, 2.24) is 0 Å². The number of aromatic hydroxyl groups is 1. The molecule has 1 atom stereocenters. The van der Waals surface area contributed by atoms with E-state index in [0.717, 1.165) is 18.4 Å². The number of phenols is 1. The third kappa shape index (κ3) is 2.64. The molecular weight excluding hydrogens is 236 g/mol. The van der Waals surface area contributed by atoms with E-state index in [1.165, 1.54) is 11.1 Å². The minimum absolute atomic E-state index is 0.261. The van der Waals surface area contributed by atoms with Crippen LogP contribution >= 0.6 is 0 Å². The van der Waals surface area contributed by atoms with Crippen molar-refractivity contribution >= 4 is 0 Å². The first-order chi connectivity index (χ1) is 9.15. The fourth-order valence-electron chi connectivity index (χ4n) is 2.98. The molecule has 0 aliphatic heterocycles. The summed E-state index contributed by atoms with van der Waals surface area (Å²) in [4.78, 5) is 0. The second-order valence-electron chi connectivity index (χ2n) is 5.52. The van der Waals surface area contributed by atoms with Crippen LogP contribution in [0.3, 0.4) is 0 Å². The van der Waals surface area contributed by atoms with E-state index in [9.17, 15) is 10.2 Å². The average Bonchev–Trinajstić information content (AvgIpc) is 2.38. The van der Waals surface area contributed by atoms with Crippen molar-refractivity contribution in [3.05, 3.63) is 65.2 Å². The van der Waals surface area contributed by atoms with Crippen LogP contribution in [0.15, 0.2) is 48.5 Å². The molecule has 1 aliphatic carbocycles. The first kappa shape index (κ1) is 12.2. The first-order valence-electron chi connectivity index (χ1n) is 6.72. The number of aliphatic hydroxyl groups is 1. The van der Waals surface area contributed by atoms with Gasteiger partial charge in [0.2, 0.25) is 0 Å². The summed E-state index contributed by atoms with van der Waals surface area (Å²) in [5, 5.41) is 20.3. The number of rotatable bonds is 2. The fourth-order valence-corrected chi connectivity index (χ4v) is 2.98. The quantitative estimate of drug-likeness (QED) is 0.865. The van der Waals surface area contributed by atoms with Crippen molar-refractivity contribution in [1.29, 1.82) is 0 Å². The highest BCUT2D eigenvalue weighted by Crippen LogP contribution is 2.31. The lowest BCUT2D eigenvalue weighted by atomic mass is 9.77. The first-order valence-corrected chi connectivity index (χ1v) is 6.72. The molecule has 1 unspecified atom stereocenters. The predicted octanol–water partition coefficient (Wildman–Crippen LogP) is 2.85. The number of hydrogen-bond acceptors (Lipinski definition) is 2. The summed E-state index contributed by atoms with van der Waals surface area (Å²) in [6.45, 7) is 0. The molecule has 0 fully saturated rings. The van der Waals surface area contributed by atoms with E-state index in [0.29, 0.717) is 12.8 Å². The van der Waals surface area contributed by atoms with Crippen LogP contribution in [0.25, 0.3) is 0 Å². The Balaban J connectivity index is 1.82. The van der Waals surface area contributed by atoms with Gasteiger partial charge in [0.05, 0.1) is 5.60 Å². The van der Waals surface area contributed by atoms with Crippen LogP contribution in [0.4, 0.5) is 0 Å². The zero-order chi connectivity index (χ0) is 13.3. The maximum Gasteiger partial charge on any atom is 0.115 e. The molecule has 0 radical (unpaired) electrons. The Morgan fingerprint density at radius 1 is 1.00 bits per heavy atom. The molecule has 1 aliphatic rings. The van der Waals surface area contributed by atoms with Crippen LogP contribution < -0.4 is 0 Å². The van der Waals surface area contributed by atoms with Gasteiger partial charge in [-0.3, -0.25) is 0 Å². The van der Waals surface area contributed by atoms with Gasteiger partial charge in [-0.05, 0) is 41.7 Å². The highest BCUT2D eigenvalue weighted by atomic mass is 16.3. The number of phenolic OH excluding ortho intramolecular Hbond substituents is 1. The summed E-state index contributed by atoms with van der Waals surface area (Å²) in [5.74, 6) is 0.261. The summed E-state index contributed by atoms with van der Waals surface area (Å²) in [6, 6.07) is 15.5. The van der Waals surface area contributed by atoms with E-state index in [2.05, 4.69) is 18.2 Å². The van der Waals surface area contributed by atoms with Gasteiger partial charge in [-0.25, -0.2) is 0 Å². The number of aryl methyl sites for hydroxylation is 1. The Morgan fingerprint density at radius 3 is 2.58 bits per heavy atom. The van der Waals surface area contributed by atoms with E-state index < -0.39 is 5.60 Å². The molecule has 0 heterocycles. The molecule has 3 rings (SSSR count). The minimum Gasteiger partial charge on any atom is -0.508 e. The molecule has 0 saturated carbocycles. The van der Waals surface area contributed by atoms with Gasteiger partial charge in [0.15, 0.2) is 0 Å². The van der Waals surface area contributed by atoms with Crippen LogP contribution in [-0.2, 0) is 19.3 Å². The number of hydrogen-bond donors (Lipinski definition) is 2. The Morgan fingerprint density at radius 2 is 1.79 bits per heavy atom. The third-order valence-electron chi connectivity index (χ3n) is 3.94. The lowest BCUT2D eigenvalue weighted by Gasteiger charge is -2.33. The van der Waals surface area contributed by atoms with Crippen molar-refractivity contribution in [2.24, 2.45) is 0 Å². The van der Waals surface area contributed by atoms with Crippen molar-refractivity contribution < 1.29 is 10.2 Å². The van der Waals surface area contributed by atoms with Crippen molar-refractivity contribution in [2.45, 2.75) is 31.3 Å². The van der Waals surface area contributed by atoms with Crippen LogP contribution in [0.5, 0.6) is 5.75 Å². The normalized spacial score (nSPS) is 21.9. The highest BCUT2D eigenvalue weighted by molar-refractivity contribution is 5.34. The fraction of sp³-hybridized carbons (Fsp3) is 0.294. The van der Waals surface area contributed by atoms with Crippen molar-refractivity contribution in [3.63, 3.8) is 0 Å². The minimum atomic E-state index is -0.692. The van der Waals surface area contributed by atoms with E-state index in [1.54, 1.807) is 12.1 Å². The Hall–Kier alpha value is -1.80. The van der Waals surface area contributed by atoms with E-state index in [4.69, 9.17) is 0 Å². The lowest BCUT2D eigenvalue weighted by molar-refractivity contribution is 0.0267. The van der Waals surface area contributed by atoms with Gasteiger partial charge in [-0.2, -0.15) is 0 Å². The Kier molecular flexibility index (Phi) is 3.03. The van der Waals surface area contributed by atoms with Gasteiger partial charge in [0, 0.05) is 12.8 Å². The van der Waals surface area contributed by atoms with Gasteiger partial charge in [0.1, 0.15) is 5.75 Å². The van der Waals surface area contributed by atoms with Gasteiger partial charge in [0.25, 0.3) is 0 Å². The zero-order valence-electron chi connectivity index (χ0n) is 10.8. The summed E-state index contributed by atoms with van der Waals surface area (Å²) in [7, 11) is 0.